The van der Waals surface area contributed by atoms with Crippen molar-refractivity contribution >= 4 is 35.6 Å². The van der Waals surface area contributed by atoms with Crippen LogP contribution in [0.4, 0.5) is 0 Å². The third-order valence-electron chi connectivity index (χ3n) is 11.5. The number of nitrogens with two attached hydrogens (primary N) is 2. The first-order valence-electron chi connectivity index (χ1n) is 20.1. The third-order valence-corrected chi connectivity index (χ3v) is 11.5. The van der Waals surface area contributed by atoms with E-state index >= 15 is 0 Å². The zero-order valence-corrected chi connectivity index (χ0v) is 35.3. The van der Waals surface area contributed by atoms with E-state index in [0.29, 0.717) is 11.1 Å². The maximum Gasteiger partial charge on any atom is 0.350 e. The molecule has 0 saturated carbocycles. The molecular formula is C44H58N2O15. The van der Waals surface area contributed by atoms with Crippen LogP contribution in [0.1, 0.15) is 82.8 Å². The fourth-order valence-electron chi connectivity index (χ4n) is 8.18. The van der Waals surface area contributed by atoms with Gasteiger partial charge in [0, 0.05) is 31.9 Å². The van der Waals surface area contributed by atoms with E-state index in [1.807, 2.05) is 0 Å². The van der Waals surface area contributed by atoms with E-state index in [1.165, 1.54) is 26.0 Å². The van der Waals surface area contributed by atoms with E-state index in [0.717, 1.165) is 6.92 Å². The van der Waals surface area contributed by atoms with E-state index in [-0.39, 0.29) is 38.2 Å². The molecule has 0 aromatic heterocycles. The number of esters is 5. The summed E-state index contributed by atoms with van der Waals surface area (Å²) in [4.78, 5) is 80.3. The molecule has 2 aliphatic rings. The molecule has 1 saturated heterocycles. The van der Waals surface area contributed by atoms with Crippen molar-refractivity contribution in [1.82, 2.24) is 0 Å². The molecule has 2 aromatic carbocycles. The highest BCUT2D eigenvalue weighted by atomic mass is 16.6. The Kier molecular flexibility index (Phi) is 16.5. The number of ketones is 1. The Morgan fingerprint density at radius 1 is 0.934 bits per heavy atom. The summed E-state index contributed by atoms with van der Waals surface area (Å²) in [5.74, 6) is -7.35. The van der Waals surface area contributed by atoms with Crippen molar-refractivity contribution < 1.29 is 72.5 Å². The topological polar surface area (TPSA) is 271 Å². The number of aliphatic hydroxyl groups is 3. The largest absolute Gasteiger partial charge is 0.460 e. The number of hydrogen-bond donors (Lipinski definition) is 5. The van der Waals surface area contributed by atoms with Gasteiger partial charge in [-0.2, -0.15) is 0 Å². The van der Waals surface area contributed by atoms with Gasteiger partial charge >= 0.3 is 29.8 Å². The van der Waals surface area contributed by atoms with Crippen LogP contribution in [-0.4, -0.2) is 120 Å². The lowest BCUT2D eigenvalue weighted by molar-refractivity contribution is -0.231. The summed E-state index contributed by atoms with van der Waals surface area (Å²) in [6.07, 6.45) is -9.06. The third kappa shape index (κ3) is 11.3. The number of carbonyl (C=O) groups is 6. The molecule has 0 unspecified atom stereocenters. The standard InChI is InChI=1S/C44H58N2O15/c1-25-21-42(4,5)44(55,22-30(25)59-41(54)37(36(46)28-13-9-7-10-14-28)60-34(51)24-57-33(50)17-19-45)39(61-40(53)29-15-11-8-12-16-29)35-31(58-27(3)48)23-56-20-18-32(49)43(35,6)38(52)26(2)47/h7-16,21,26,30-32,35-37,39,47,49,55H,17-20,22-24,45-46H2,1-6H3/t26-,30+,31-,32+,35+,36+,37-,39+,43-,44-/m1/s1. The lowest BCUT2D eigenvalue weighted by Crippen LogP contribution is -2.68. The summed E-state index contributed by atoms with van der Waals surface area (Å²) < 4.78 is 34.3. The maximum absolute atomic E-state index is 14.3. The Hall–Kier alpha value is -5.04. The van der Waals surface area contributed by atoms with E-state index in [1.54, 1.807) is 75.4 Å². The first kappa shape index (κ1) is 48.6. The summed E-state index contributed by atoms with van der Waals surface area (Å²) in [6.45, 7) is 7.18. The zero-order chi connectivity index (χ0) is 45.3. The highest BCUT2D eigenvalue weighted by Crippen LogP contribution is 2.53. The molecule has 61 heavy (non-hydrogen) atoms. The van der Waals surface area contributed by atoms with Crippen LogP contribution in [0.25, 0.3) is 0 Å². The molecule has 0 radical (unpaired) electrons. The second kappa shape index (κ2) is 20.7. The highest BCUT2D eigenvalue weighted by molar-refractivity contribution is 5.91. The second-order valence-electron chi connectivity index (χ2n) is 16.3. The first-order valence-corrected chi connectivity index (χ1v) is 20.1. The van der Waals surface area contributed by atoms with E-state index in [2.05, 4.69) is 0 Å². The van der Waals surface area contributed by atoms with Gasteiger partial charge in [-0.25, -0.2) is 14.4 Å². The molecule has 0 spiro atoms. The molecule has 17 nitrogen and oxygen atoms in total. The minimum Gasteiger partial charge on any atom is -0.460 e. The van der Waals surface area contributed by atoms with E-state index in [4.69, 9.17) is 39.9 Å². The first-order chi connectivity index (χ1) is 28.7. The van der Waals surface area contributed by atoms with Gasteiger partial charge in [0.2, 0.25) is 6.10 Å². The normalized spacial score (nSPS) is 27.0. The van der Waals surface area contributed by atoms with Crippen LogP contribution < -0.4 is 11.5 Å². The number of Topliss-reactive ketones (excluding diaryl/α,β-unsaturated/α-hetero) is 1. The van der Waals surface area contributed by atoms with E-state index < -0.39 is 114 Å². The van der Waals surface area contributed by atoms with Gasteiger partial charge in [-0.1, -0.05) is 68.5 Å². The SMILES string of the molecule is CC(=O)O[C@@H]1COCC[C@H](O)[C@@](C)(C(=O)[C@@H](C)O)[C@@H]1[C@H](OC(=O)c1ccccc1)[C@]1(O)C[C@H](OC(=O)[C@H](OC(=O)COC(=O)CCN)[C@@H](N)c2ccccc2)C(C)=CC1(C)C. The number of hydrogen-bond acceptors (Lipinski definition) is 17. The van der Waals surface area contributed by atoms with Crippen LogP contribution >= 0.6 is 0 Å². The molecule has 0 bridgehead atoms. The van der Waals surface area contributed by atoms with Crippen molar-refractivity contribution in [1.29, 1.82) is 0 Å². The van der Waals surface area contributed by atoms with E-state index in [9.17, 15) is 44.1 Å². The van der Waals surface area contributed by atoms with Crippen molar-refractivity contribution in [3.8, 4) is 0 Å². The molecule has 334 valence electrons. The molecule has 1 aliphatic heterocycles. The Labute approximate surface area is 354 Å². The summed E-state index contributed by atoms with van der Waals surface area (Å²) in [7, 11) is 0. The van der Waals surface area contributed by atoms with Crippen LogP contribution in [0.15, 0.2) is 72.3 Å². The lowest BCUT2D eigenvalue weighted by atomic mass is 9.55. The minimum absolute atomic E-state index is 0.0267. The van der Waals surface area contributed by atoms with Gasteiger partial charge < -0.3 is 55.2 Å². The van der Waals surface area contributed by atoms with Crippen molar-refractivity contribution in [3.63, 3.8) is 0 Å². The molecule has 7 N–H and O–H groups in total. The number of rotatable bonds is 16. The van der Waals surface area contributed by atoms with Crippen LogP contribution in [0.3, 0.4) is 0 Å². The number of carbonyl (C=O) groups excluding carboxylic acids is 6. The molecule has 1 heterocycles. The monoisotopic (exact) mass is 854 g/mol. The van der Waals surface area contributed by atoms with Gasteiger partial charge in [0.1, 0.15) is 30.0 Å². The minimum atomic E-state index is -2.35. The van der Waals surface area contributed by atoms with Crippen molar-refractivity contribution in [3.05, 3.63) is 83.4 Å². The Balaban J connectivity index is 1.87. The molecule has 1 aliphatic carbocycles. The predicted molar refractivity (Wildman–Crippen MR) is 216 cm³/mol. The smallest absolute Gasteiger partial charge is 0.350 e. The van der Waals surface area contributed by atoms with Gasteiger partial charge in [-0.3, -0.25) is 14.4 Å². The Morgan fingerprint density at radius 3 is 2.15 bits per heavy atom. The Morgan fingerprint density at radius 2 is 1.56 bits per heavy atom. The number of aliphatic hydroxyl groups excluding tert-OH is 2. The quantitative estimate of drug-likeness (QED) is 0.0918. The summed E-state index contributed by atoms with van der Waals surface area (Å²) in [6, 6.07) is 14.6. The molecule has 4 rings (SSSR count). The summed E-state index contributed by atoms with van der Waals surface area (Å²) in [5.41, 5.74) is 6.88. The molecular weight excluding hydrogens is 796 g/mol. The highest BCUT2D eigenvalue weighted by Gasteiger charge is 2.65. The molecule has 1 fully saturated rings. The van der Waals surface area contributed by atoms with Crippen LogP contribution in [0.5, 0.6) is 0 Å². The maximum atomic E-state index is 14.3. The van der Waals surface area contributed by atoms with Gasteiger partial charge in [0.05, 0.1) is 42.1 Å². The average molecular weight is 855 g/mol. The van der Waals surface area contributed by atoms with Crippen molar-refractivity contribution in [2.75, 3.05) is 26.4 Å². The van der Waals surface area contributed by atoms with Gasteiger partial charge in [0.15, 0.2) is 12.4 Å². The molecule has 10 atom stereocenters. The average Bonchev–Trinajstić information content (AvgIpc) is 3.21. The number of benzene rings is 2. The fraction of sp³-hybridized carbons (Fsp3) is 0.545. The fourth-order valence-corrected chi connectivity index (χ4v) is 8.18. The summed E-state index contributed by atoms with van der Waals surface area (Å²) >= 11 is 0. The second-order valence-corrected chi connectivity index (χ2v) is 16.3. The van der Waals surface area contributed by atoms with Crippen molar-refractivity contribution in [2.45, 2.75) is 109 Å². The predicted octanol–water partition coefficient (Wildman–Crippen LogP) is 2.02. The van der Waals surface area contributed by atoms with Gasteiger partial charge in [-0.15, -0.1) is 0 Å². The Bertz CT molecular complexity index is 1900. The summed E-state index contributed by atoms with van der Waals surface area (Å²) in [5, 5.41) is 36.0. The number of ether oxygens (including phenoxy) is 6. The molecule has 2 aromatic rings. The van der Waals surface area contributed by atoms with Crippen LogP contribution in [0.2, 0.25) is 0 Å². The molecule has 0 amide bonds. The van der Waals surface area contributed by atoms with Crippen LogP contribution in [0, 0.1) is 16.7 Å². The van der Waals surface area contributed by atoms with Crippen LogP contribution in [-0.2, 0) is 52.4 Å². The van der Waals surface area contributed by atoms with Gasteiger partial charge in [0.25, 0.3) is 0 Å². The lowest BCUT2D eigenvalue weighted by Gasteiger charge is -2.56. The van der Waals surface area contributed by atoms with Gasteiger partial charge in [-0.05, 0) is 50.5 Å². The zero-order valence-electron chi connectivity index (χ0n) is 35.3. The molecule has 17 heteroatoms. The van der Waals surface area contributed by atoms with Crippen molar-refractivity contribution in [2.24, 2.45) is 28.2 Å².